The van der Waals surface area contributed by atoms with Crippen molar-refractivity contribution in [2.45, 2.75) is 25.8 Å². The Labute approximate surface area is 163 Å². The Morgan fingerprint density at radius 1 is 1.07 bits per heavy atom. The molecule has 1 aliphatic heterocycles. The summed E-state index contributed by atoms with van der Waals surface area (Å²) in [6.07, 6.45) is 5.04. The molecule has 0 radical (unpaired) electrons. The monoisotopic (exact) mass is 390 g/mol. The number of likely N-dealkylation sites (tertiary alicyclic amines) is 1. The normalized spacial score (nSPS) is 14.7. The summed E-state index contributed by atoms with van der Waals surface area (Å²) in [5.74, 6) is 0.441. The van der Waals surface area contributed by atoms with Gasteiger partial charge in [-0.3, -0.25) is 10.1 Å². The van der Waals surface area contributed by atoms with E-state index in [0.717, 1.165) is 25.2 Å². The van der Waals surface area contributed by atoms with E-state index in [1.54, 1.807) is 12.1 Å². The lowest BCUT2D eigenvalue weighted by molar-refractivity contribution is -0.383. The molecule has 0 saturated carbocycles. The third kappa shape index (κ3) is 5.51. The molecule has 144 valence electrons. The molecule has 1 fully saturated rings. The minimum Gasteiger partial charge on any atom is -0.363 e. The second-order valence-corrected chi connectivity index (χ2v) is 6.92. The van der Waals surface area contributed by atoms with Crippen molar-refractivity contribution in [3.8, 4) is 0 Å². The van der Waals surface area contributed by atoms with Gasteiger partial charge in [-0.2, -0.15) is 0 Å². The predicted molar refractivity (Wildman–Crippen MR) is 106 cm³/mol. The van der Waals surface area contributed by atoms with Crippen LogP contribution in [0, 0.1) is 10.1 Å². The minimum absolute atomic E-state index is 0.134. The molecule has 9 heteroatoms. The van der Waals surface area contributed by atoms with E-state index in [0.29, 0.717) is 18.1 Å². The maximum Gasteiger partial charge on any atom is 0.353 e. The van der Waals surface area contributed by atoms with Gasteiger partial charge >= 0.3 is 5.69 Å². The van der Waals surface area contributed by atoms with Crippen molar-refractivity contribution in [2.24, 2.45) is 0 Å². The first-order valence-corrected chi connectivity index (χ1v) is 9.45. The van der Waals surface area contributed by atoms with Crippen LogP contribution in [0.15, 0.2) is 30.6 Å². The number of anilines is 2. The standard InChI is InChI=1S/C18H23ClN6O2/c19-15-6-4-14(5-7-15)12-21-18-16(25(26)27)17(22-13-23-18)20-8-11-24-9-2-1-3-10-24/h4-7,13H,1-3,8-12H2,(H2,20,21,22,23). The number of nitro groups is 1. The second-order valence-electron chi connectivity index (χ2n) is 6.49. The van der Waals surface area contributed by atoms with Crippen LogP contribution in [0.2, 0.25) is 5.02 Å². The number of halogens is 1. The summed E-state index contributed by atoms with van der Waals surface area (Å²) in [6, 6.07) is 7.28. The zero-order valence-electron chi connectivity index (χ0n) is 15.0. The summed E-state index contributed by atoms with van der Waals surface area (Å²) in [6.45, 7) is 4.02. The van der Waals surface area contributed by atoms with Crippen molar-refractivity contribution in [3.05, 3.63) is 51.3 Å². The van der Waals surface area contributed by atoms with Crippen LogP contribution < -0.4 is 10.6 Å². The quantitative estimate of drug-likeness (QED) is 0.525. The van der Waals surface area contributed by atoms with Gasteiger partial charge in [-0.1, -0.05) is 30.2 Å². The van der Waals surface area contributed by atoms with Crippen molar-refractivity contribution < 1.29 is 4.92 Å². The average molecular weight is 391 g/mol. The molecule has 27 heavy (non-hydrogen) atoms. The Kier molecular flexibility index (Phi) is 6.78. The minimum atomic E-state index is -0.451. The van der Waals surface area contributed by atoms with E-state index < -0.39 is 4.92 Å². The van der Waals surface area contributed by atoms with Gasteiger partial charge in [0, 0.05) is 24.7 Å². The Hall–Kier alpha value is -2.45. The highest BCUT2D eigenvalue weighted by Crippen LogP contribution is 2.29. The van der Waals surface area contributed by atoms with Gasteiger partial charge < -0.3 is 15.5 Å². The van der Waals surface area contributed by atoms with Crippen molar-refractivity contribution in [1.29, 1.82) is 0 Å². The SMILES string of the molecule is O=[N+]([O-])c1c(NCCN2CCCCC2)ncnc1NCc1ccc(Cl)cc1. The molecule has 3 rings (SSSR count). The maximum absolute atomic E-state index is 11.6. The molecule has 0 atom stereocenters. The number of benzene rings is 1. The van der Waals surface area contributed by atoms with Crippen molar-refractivity contribution >= 4 is 28.9 Å². The van der Waals surface area contributed by atoms with Gasteiger partial charge in [-0.05, 0) is 43.6 Å². The lowest BCUT2D eigenvalue weighted by atomic mass is 10.1. The van der Waals surface area contributed by atoms with E-state index >= 15 is 0 Å². The molecule has 1 aromatic heterocycles. The third-order valence-electron chi connectivity index (χ3n) is 4.55. The van der Waals surface area contributed by atoms with Gasteiger partial charge in [0.1, 0.15) is 6.33 Å². The van der Waals surface area contributed by atoms with E-state index in [2.05, 4.69) is 25.5 Å². The number of aromatic nitrogens is 2. The molecule has 2 heterocycles. The highest BCUT2D eigenvalue weighted by atomic mass is 35.5. The maximum atomic E-state index is 11.6. The van der Waals surface area contributed by atoms with E-state index in [9.17, 15) is 10.1 Å². The molecule has 1 aliphatic rings. The van der Waals surface area contributed by atoms with Crippen molar-refractivity contribution in [3.63, 3.8) is 0 Å². The van der Waals surface area contributed by atoms with Gasteiger partial charge in [0.25, 0.3) is 0 Å². The Balaban J connectivity index is 1.64. The van der Waals surface area contributed by atoms with Crippen molar-refractivity contribution in [1.82, 2.24) is 14.9 Å². The number of hydrogen-bond donors (Lipinski definition) is 2. The van der Waals surface area contributed by atoms with E-state index in [1.807, 2.05) is 12.1 Å². The number of nitrogens with one attached hydrogen (secondary N) is 2. The summed E-state index contributed by atoms with van der Waals surface area (Å²) >= 11 is 5.88. The van der Waals surface area contributed by atoms with E-state index in [4.69, 9.17) is 11.6 Å². The summed E-state index contributed by atoms with van der Waals surface area (Å²) < 4.78 is 0. The summed E-state index contributed by atoms with van der Waals surface area (Å²) in [4.78, 5) is 21.6. The molecule has 1 saturated heterocycles. The number of nitrogens with zero attached hydrogens (tertiary/aromatic N) is 4. The fourth-order valence-electron chi connectivity index (χ4n) is 3.11. The van der Waals surface area contributed by atoms with Crippen LogP contribution in [0.5, 0.6) is 0 Å². The fraction of sp³-hybridized carbons (Fsp3) is 0.444. The molecule has 2 aromatic rings. The summed E-state index contributed by atoms with van der Waals surface area (Å²) in [5, 5.41) is 18.3. The molecule has 8 nitrogen and oxygen atoms in total. The van der Waals surface area contributed by atoms with Crippen LogP contribution in [0.3, 0.4) is 0 Å². The summed E-state index contributed by atoms with van der Waals surface area (Å²) in [5.41, 5.74) is 0.817. The number of rotatable bonds is 8. The van der Waals surface area contributed by atoms with Gasteiger partial charge in [0.05, 0.1) is 4.92 Å². The van der Waals surface area contributed by atoms with Crippen LogP contribution in [-0.4, -0.2) is 46.0 Å². The van der Waals surface area contributed by atoms with Crippen LogP contribution >= 0.6 is 11.6 Å². The molecule has 0 unspecified atom stereocenters. The van der Waals surface area contributed by atoms with Crippen molar-refractivity contribution in [2.75, 3.05) is 36.8 Å². The number of hydrogen-bond acceptors (Lipinski definition) is 7. The zero-order chi connectivity index (χ0) is 19.1. The molecule has 0 aliphatic carbocycles. The summed E-state index contributed by atoms with van der Waals surface area (Å²) in [7, 11) is 0. The molecule has 0 bridgehead atoms. The predicted octanol–water partition coefficient (Wildman–Crippen LogP) is 3.55. The zero-order valence-corrected chi connectivity index (χ0v) is 15.8. The van der Waals surface area contributed by atoms with Crippen LogP contribution in [0.4, 0.5) is 17.3 Å². The van der Waals surface area contributed by atoms with Gasteiger partial charge in [0.2, 0.25) is 11.6 Å². The molecular formula is C18H23ClN6O2. The molecule has 0 spiro atoms. The molecular weight excluding hydrogens is 368 g/mol. The molecule has 2 N–H and O–H groups in total. The topological polar surface area (TPSA) is 96.2 Å². The Morgan fingerprint density at radius 2 is 1.74 bits per heavy atom. The van der Waals surface area contributed by atoms with E-state index in [-0.39, 0.29) is 17.3 Å². The fourth-order valence-corrected chi connectivity index (χ4v) is 3.24. The Morgan fingerprint density at radius 3 is 2.41 bits per heavy atom. The Bertz CT molecular complexity index is 765. The lowest BCUT2D eigenvalue weighted by Gasteiger charge is -2.26. The first-order chi connectivity index (χ1) is 13.1. The number of piperidine rings is 1. The van der Waals surface area contributed by atoms with E-state index in [1.165, 1.54) is 25.6 Å². The highest BCUT2D eigenvalue weighted by molar-refractivity contribution is 6.30. The first kappa shape index (κ1) is 19.3. The largest absolute Gasteiger partial charge is 0.363 e. The molecule has 0 amide bonds. The average Bonchev–Trinajstić information content (AvgIpc) is 2.68. The van der Waals surface area contributed by atoms with Gasteiger partial charge in [-0.15, -0.1) is 0 Å². The highest BCUT2D eigenvalue weighted by Gasteiger charge is 2.23. The van der Waals surface area contributed by atoms with Crippen LogP contribution in [-0.2, 0) is 6.54 Å². The smallest absolute Gasteiger partial charge is 0.353 e. The molecule has 1 aromatic carbocycles. The lowest BCUT2D eigenvalue weighted by Crippen LogP contribution is -2.33. The van der Waals surface area contributed by atoms with Crippen LogP contribution in [0.1, 0.15) is 24.8 Å². The van der Waals surface area contributed by atoms with Gasteiger partial charge in [-0.25, -0.2) is 9.97 Å². The third-order valence-corrected chi connectivity index (χ3v) is 4.80. The first-order valence-electron chi connectivity index (χ1n) is 9.07. The second kappa shape index (κ2) is 9.48. The van der Waals surface area contributed by atoms with Crippen LogP contribution in [0.25, 0.3) is 0 Å². The van der Waals surface area contributed by atoms with Gasteiger partial charge in [0.15, 0.2) is 0 Å².